The average molecular weight is 189 g/mol. The molecule has 2 N–H and O–H groups in total. The molecule has 0 unspecified atom stereocenters. The molecular formula is C7H6Cl2N2. The molecule has 58 valence electrons. The molecule has 0 aliphatic carbocycles. The normalized spacial score (nSPS) is 10.7. The zero-order valence-electron chi connectivity index (χ0n) is 5.59. The van der Waals surface area contributed by atoms with Crippen LogP contribution in [0.5, 0.6) is 0 Å². The van der Waals surface area contributed by atoms with Crippen molar-refractivity contribution in [3.63, 3.8) is 0 Å². The molecule has 0 saturated heterocycles. The predicted octanol–water partition coefficient (Wildman–Crippen LogP) is 2.29. The Balaban J connectivity index is 3.09. The quantitative estimate of drug-likeness (QED) is 0.410. The van der Waals surface area contributed by atoms with Crippen LogP contribution in [0.1, 0.15) is 5.56 Å². The first-order chi connectivity index (χ1) is 5.24. The molecule has 0 amide bonds. The van der Waals surface area contributed by atoms with Crippen LogP contribution >= 0.6 is 23.2 Å². The lowest BCUT2D eigenvalue weighted by Gasteiger charge is -1.96. The van der Waals surface area contributed by atoms with Gasteiger partial charge in [0.1, 0.15) is 0 Å². The fraction of sp³-hybridized carbons (Fsp3) is 0. The topological polar surface area (TPSA) is 38.4 Å². The minimum Gasteiger partial charge on any atom is -0.323 e. The second-order valence-corrected chi connectivity index (χ2v) is 2.79. The van der Waals surface area contributed by atoms with E-state index in [0.717, 1.165) is 5.56 Å². The van der Waals surface area contributed by atoms with Crippen LogP contribution in [0.2, 0.25) is 10.0 Å². The molecule has 2 nitrogen and oxygen atoms in total. The third-order valence-corrected chi connectivity index (χ3v) is 1.74. The van der Waals surface area contributed by atoms with Crippen molar-refractivity contribution >= 4 is 29.4 Å². The summed E-state index contributed by atoms with van der Waals surface area (Å²) >= 11 is 11.4. The first kappa shape index (κ1) is 8.37. The van der Waals surface area contributed by atoms with E-state index in [4.69, 9.17) is 29.0 Å². The second-order valence-electron chi connectivity index (χ2n) is 1.94. The van der Waals surface area contributed by atoms with Gasteiger partial charge in [0.05, 0.1) is 11.2 Å². The van der Waals surface area contributed by atoms with Crippen LogP contribution in [0.4, 0.5) is 0 Å². The number of rotatable bonds is 1. The lowest BCUT2D eigenvalue weighted by molar-refractivity contribution is 1.26. The van der Waals surface area contributed by atoms with Crippen molar-refractivity contribution < 1.29 is 0 Å². The monoisotopic (exact) mass is 188 g/mol. The highest BCUT2D eigenvalue weighted by Crippen LogP contribution is 2.19. The van der Waals surface area contributed by atoms with Crippen LogP contribution in [-0.4, -0.2) is 6.21 Å². The zero-order valence-corrected chi connectivity index (χ0v) is 7.10. The molecule has 0 aliphatic heterocycles. The molecule has 0 atom stereocenters. The molecule has 0 heterocycles. The number of halogens is 2. The fourth-order valence-electron chi connectivity index (χ4n) is 0.687. The highest BCUT2D eigenvalue weighted by molar-refractivity contribution is 6.36. The highest BCUT2D eigenvalue weighted by atomic mass is 35.5. The van der Waals surface area contributed by atoms with E-state index in [9.17, 15) is 0 Å². The number of nitrogens with two attached hydrogens (primary N) is 1. The molecule has 1 aromatic carbocycles. The zero-order chi connectivity index (χ0) is 8.27. The maximum atomic E-state index is 5.78. The molecule has 0 fully saturated rings. The van der Waals surface area contributed by atoms with Gasteiger partial charge in [-0.05, 0) is 12.1 Å². The Labute approximate surface area is 74.6 Å². The molecule has 1 rings (SSSR count). The molecule has 0 saturated carbocycles. The molecule has 0 spiro atoms. The summed E-state index contributed by atoms with van der Waals surface area (Å²) in [5.74, 6) is 4.95. The molecule has 0 aromatic heterocycles. The maximum Gasteiger partial charge on any atom is 0.0553 e. The van der Waals surface area contributed by atoms with Gasteiger partial charge in [0.2, 0.25) is 0 Å². The van der Waals surface area contributed by atoms with Gasteiger partial charge in [-0.25, -0.2) is 0 Å². The van der Waals surface area contributed by atoms with Gasteiger partial charge in [0, 0.05) is 10.6 Å². The van der Waals surface area contributed by atoms with E-state index in [2.05, 4.69) is 5.10 Å². The van der Waals surface area contributed by atoms with Crippen molar-refractivity contribution in [2.45, 2.75) is 0 Å². The van der Waals surface area contributed by atoms with Crippen molar-refractivity contribution in [2.75, 3.05) is 0 Å². The summed E-state index contributed by atoms with van der Waals surface area (Å²) in [5, 5.41) is 4.49. The van der Waals surface area contributed by atoms with Crippen molar-refractivity contribution in [1.82, 2.24) is 0 Å². The van der Waals surface area contributed by atoms with Gasteiger partial charge in [0.25, 0.3) is 0 Å². The van der Waals surface area contributed by atoms with Crippen molar-refractivity contribution in [3.05, 3.63) is 33.8 Å². The van der Waals surface area contributed by atoms with Gasteiger partial charge < -0.3 is 5.84 Å². The largest absolute Gasteiger partial charge is 0.323 e. The number of nitrogens with zero attached hydrogens (tertiary/aromatic N) is 1. The van der Waals surface area contributed by atoms with Crippen molar-refractivity contribution in [1.29, 1.82) is 0 Å². The molecule has 0 bridgehead atoms. The number of hydrogen-bond acceptors (Lipinski definition) is 2. The second kappa shape index (κ2) is 3.60. The van der Waals surface area contributed by atoms with Crippen molar-refractivity contribution in [3.8, 4) is 0 Å². The molecule has 0 radical (unpaired) electrons. The summed E-state index contributed by atoms with van der Waals surface area (Å²) < 4.78 is 0. The lowest BCUT2D eigenvalue weighted by Crippen LogP contribution is -1.86. The minimum atomic E-state index is 0.548. The van der Waals surface area contributed by atoms with Gasteiger partial charge in [-0.1, -0.05) is 29.3 Å². The SMILES string of the molecule is N/N=C\c1ccc(Cl)cc1Cl. The van der Waals surface area contributed by atoms with Gasteiger partial charge in [-0.15, -0.1) is 0 Å². The summed E-state index contributed by atoms with van der Waals surface area (Å²) in [6, 6.07) is 5.12. The fourth-order valence-corrected chi connectivity index (χ4v) is 1.14. The molecule has 11 heavy (non-hydrogen) atoms. The van der Waals surface area contributed by atoms with E-state index >= 15 is 0 Å². The Bertz CT molecular complexity index is 284. The molecule has 1 aromatic rings. The Kier molecular flexibility index (Phi) is 2.74. The summed E-state index contributed by atoms with van der Waals surface area (Å²) in [5.41, 5.74) is 0.763. The maximum absolute atomic E-state index is 5.78. The van der Waals surface area contributed by atoms with Crippen LogP contribution in [0.15, 0.2) is 23.3 Å². The summed E-state index contributed by atoms with van der Waals surface area (Å²) in [6.45, 7) is 0. The smallest absolute Gasteiger partial charge is 0.0553 e. The van der Waals surface area contributed by atoms with Crippen LogP contribution in [0.25, 0.3) is 0 Å². The number of hydrazone groups is 1. The lowest BCUT2D eigenvalue weighted by atomic mass is 10.2. The molecule has 0 aliphatic rings. The Hall–Kier alpha value is -0.730. The summed E-state index contributed by atoms with van der Waals surface area (Å²) in [6.07, 6.45) is 1.47. The van der Waals surface area contributed by atoms with Crippen molar-refractivity contribution in [2.24, 2.45) is 10.9 Å². The summed E-state index contributed by atoms with van der Waals surface area (Å²) in [4.78, 5) is 0. The average Bonchev–Trinajstić information content (AvgIpc) is 1.95. The molecular weight excluding hydrogens is 183 g/mol. The Morgan fingerprint density at radius 2 is 2.09 bits per heavy atom. The van der Waals surface area contributed by atoms with Gasteiger partial charge in [-0.2, -0.15) is 5.10 Å². The summed E-state index contributed by atoms with van der Waals surface area (Å²) in [7, 11) is 0. The minimum absolute atomic E-state index is 0.548. The highest BCUT2D eigenvalue weighted by Gasteiger charge is 1.96. The van der Waals surface area contributed by atoms with Gasteiger partial charge in [0.15, 0.2) is 0 Å². The number of hydrogen-bond donors (Lipinski definition) is 1. The van der Waals surface area contributed by atoms with Crippen LogP contribution in [0.3, 0.4) is 0 Å². The Morgan fingerprint density at radius 1 is 1.36 bits per heavy atom. The standard InChI is InChI=1S/C7H6Cl2N2/c8-6-2-1-5(4-11-10)7(9)3-6/h1-4H,10H2/b11-4-. The van der Waals surface area contributed by atoms with E-state index < -0.39 is 0 Å². The predicted molar refractivity (Wildman–Crippen MR) is 48.2 cm³/mol. The number of benzene rings is 1. The van der Waals surface area contributed by atoms with E-state index in [-0.39, 0.29) is 0 Å². The van der Waals surface area contributed by atoms with Crippen LogP contribution < -0.4 is 5.84 Å². The first-order valence-corrected chi connectivity index (χ1v) is 3.68. The van der Waals surface area contributed by atoms with Gasteiger partial charge >= 0.3 is 0 Å². The third-order valence-electron chi connectivity index (χ3n) is 1.18. The first-order valence-electron chi connectivity index (χ1n) is 2.92. The van der Waals surface area contributed by atoms with E-state index in [1.54, 1.807) is 18.2 Å². The van der Waals surface area contributed by atoms with Crippen LogP contribution in [0, 0.1) is 0 Å². The van der Waals surface area contributed by atoms with Crippen LogP contribution in [-0.2, 0) is 0 Å². The van der Waals surface area contributed by atoms with E-state index in [1.807, 2.05) is 0 Å². The van der Waals surface area contributed by atoms with Gasteiger partial charge in [-0.3, -0.25) is 0 Å². The molecule has 4 heteroatoms. The Morgan fingerprint density at radius 3 is 2.64 bits per heavy atom. The van der Waals surface area contributed by atoms with E-state index in [1.165, 1.54) is 6.21 Å². The van der Waals surface area contributed by atoms with E-state index in [0.29, 0.717) is 10.0 Å². The third kappa shape index (κ3) is 2.10.